The summed E-state index contributed by atoms with van der Waals surface area (Å²) in [5, 5.41) is 0.691. The average Bonchev–Trinajstić information content (AvgIpc) is 2.66. The summed E-state index contributed by atoms with van der Waals surface area (Å²) >= 11 is 5.85. The maximum Gasteiger partial charge on any atom is 0.250 e. The lowest BCUT2D eigenvalue weighted by molar-refractivity contribution is -0.133. The van der Waals surface area contributed by atoms with Crippen LogP contribution in [0, 0.1) is 0 Å². The third-order valence-corrected chi connectivity index (χ3v) is 4.67. The van der Waals surface area contributed by atoms with Crippen molar-refractivity contribution >= 4 is 17.5 Å². The zero-order valence-electron chi connectivity index (χ0n) is 14.5. The van der Waals surface area contributed by atoms with E-state index in [2.05, 4.69) is 4.90 Å². The Hall–Kier alpha value is -2.31. The molecule has 0 radical (unpaired) electrons. The minimum absolute atomic E-state index is 0.0182. The molecule has 1 aliphatic heterocycles. The molecule has 0 N–H and O–H groups in total. The minimum atomic E-state index is -0.154. The maximum absolute atomic E-state index is 12.4. The topological polar surface area (TPSA) is 54.8 Å². The third kappa shape index (κ3) is 5.09. The molecule has 1 fully saturated rings. The lowest BCUT2D eigenvalue weighted by Gasteiger charge is -2.34. The first-order valence-corrected chi connectivity index (χ1v) is 9.03. The van der Waals surface area contributed by atoms with Gasteiger partial charge in [0.15, 0.2) is 0 Å². The maximum atomic E-state index is 12.4. The fourth-order valence-corrected chi connectivity index (χ4v) is 3.01. The van der Waals surface area contributed by atoms with Crippen molar-refractivity contribution in [1.29, 1.82) is 0 Å². The van der Waals surface area contributed by atoms with Gasteiger partial charge in [0.25, 0.3) is 5.56 Å². The number of hydrogen-bond donors (Lipinski definition) is 0. The summed E-state index contributed by atoms with van der Waals surface area (Å²) in [6.45, 7) is 4.44. The van der Waals surface area contributed by atoms with Gasteiger partial charge in [-0.2, -0.15) is 0 Å². The highest BCUT2D eigenvalue weighted by Gasteiger charge is 2.21. The van der Waals surface area contributed by atoms with Crippen LogP contribution < -0.4 is 10.3 Å². The van der Waals surface area contributed by atoms with Crippen molar-refractivity contribution in [3.63, 3.8) is 0 Å². The second-order valence-electron chi connectivity index (χ2n) is 6.19. The number of carbonyl (C=O) groups is 1. The molecule has 0 bridgehead atoms. The summed E-state index contributed by atoms with van der Waals surface area (Å²) < 4.78 is 7.15. The quantitative estimate of drug-likeness (QED) is 0.771. The predicted octanol–water partition coefficient (Wildman–Crippen LogP) is 1.72. The molecule has 0 spiro atoms. The van der Waals surface area contributed by atoms with Gasteiger partial charge in [-0.15, -0.1) is 0 Å². The predicted molar refractivity (Wildman–Crippen MR) is 101 cm³/mol. The lowest BCUT2D eigenvalue weighted by Crippen LogP contribution is -2.50. The first-order chi connectivity index (χ1) is 12.6. The summed E-state index contributed by atoms with van der Waals surface area (Å²) in [7, 11) is 0. The van der Waals surface area contributed by atoms with Crippen LogP contribution in [0.3, 0.4) is 0 Å². The Morgan fingerprint density at radius 1 is 1.04 bits per heavy atom. The fraction of sp³-hybridized carbons (Fsp3) is 0.368. The van der Waals surface area contributed by atoms with E-state index in [9.17, 15) is 9.59 Å². The van der Waals surface area contributed by atoms with E-state index in [0.717, 1.165) is 25.4 Å². The monoisotopic (exact) mass is 375 g/mol. The Morgan fingerprint density at radius 3 is 2.46 bits per heavy atom. The van der Waals surface area contributed by atoms with Gasteiger partial charge in [-0.1, -0.05) is 17.7 Å². The number of carbonyl (C=O) groups excluding carboxylic acids is 1. The van der Waals surface area contributed by atoms with E-state index >= 15 is 0 Å². The van der Waals surface area contributed by atoms with E-state index < -0.39 is 0 Å². The summed E-state index contributed by atoms with van der Waals surface area (Å²) in [6.07, 6.45) is 1.64. The smallest absolute Gasteiger partial charge is 0.250 e. The first kappa shape index (κ1) is 18.5. The summed E-state index contributed by atoms with van der Waals surface area (Å²) in [5.74, 6) is 0.784. The molecule has 2 aromatic rings. The van der Waals surface area contributed by atoms with Crippen molar-refractivity contribution in [2.45, 2.75) is 6.54 Å². The Morgan fingerprint density at radius 2 is 1.77 bits per heavy atom. The molecule has 6 nitrogen and oxygen atoms in total. The molecule has 0 aliphatic carbocycles. The molecule has 26 heavy (non-hydrogen) atoms. The largest absolute Gasteiger partial charge is 0.492 e. The van der Waals surface area contributed by atoms with Crippen LogP contribution in [0.15, 0.2) is 53.5 Å². The molecule has 7 heteroatoms. The Labute approximate surface area is 157 Å². The van der Waals surface area contributed by atoms with Gasteiger partial charge in [0, 0.05) is 50.0 Å². The molecule has 0 atom stereocenters. The number of piperazine rings is 1. The van der Waals surface area contributed by atoms with Crippen LogP contribution in [0.2, 0.25) is 5.02 Å². The Balaban J connectivity index is 1.39. The standard InChI is InChI=1S/C19H22ClN3O3/c20-16-4-6-17(7-5-16)26-14-13-21-9-11-22(12-10-21)19(25)15-23-8-2-1-3-18(23)24/h1-8H,9-15H2. The molecule has 3 rings (SSSR count). The number of rotatable bonds is 6. The average molecular weight is 376 g/mol. The highest BCUT2D eigenvalue weighted by Crippen LogP contribution is 2.15. The van der Waals surface area contributed by atoms with Crippen molar-refractivity contribution in [2.24, 2.45) is 0 Å². The molecule has 138 valence electrons. The first-order valence-electron chi connectivity index (χ1n) is 8.66. The molecule has 2 heterocycles. The normalized spacial score (nSPS) is 15.0. The van der Waals surface area contributed by atoms with Crippen LogP contribution in [0.4, 0.5) is 0 Å². The van der Waals surface area contributed by atoms with Crippen LogP contribution in [0.25, 0.3) is 0 Å². The number of amides is 1. The summed E-state index contributed by atoms with van der Waals surface area (Å²) in [5.41, 5.74) is -0.154. The van der Waals surface area contributed by atoms with Gasteiger partial charge in [-0.25, -0.2) is 0 Å². The molecular weight excluding hydrogens is 354 g/mol. The number of nitrogens with zero attached hydrogens (tertiary/aromatic N) is 3. The molecule has 1 aliphatic rings. The van der Waals surface area contributed by atoms with Crippen LogP contribution in [0.5, 0.6) is 5.75 Å². The molecule has 0 unspecified atom stereocenters. The molecule has 1 aromatic heterocycles. The van der Waals surface area contributed by atoms with Crippen molar-refractivity contribution in [2.75, 3.05) is 39.3 Å². The number of hydrogen-bond acceptors (Lipinski definition) is 4. The summed E-state index contributed by atoms with van der Waals surface area (Å²) in [4.78, 5) is 28.2. The molecule has 1 amide bonds. The van der Waals surface area contributed by atoms with Crippen LogP contribution in [-0.4, -0.2) is 59.6 Å². The van der Waals surface area contributed by atoms with E-state index in [1.165, 1.54) is 10.6 Å². The van der Waals surface area contributed by atoms with E-state index in [0.29, 0.717) is 24.7 Å². The molecule has 0 saturated carbocycles. The zero-order valence-corrected chi connectivity index (χ0v) is 15.3. The Bertz CT molecular complexity index is 783. The Kier molecular flexibility index (Phi) is 6.30. The van der Waals surface area contributed by atoms with E-state index in [4.69, 9.17) is 16.3 Å². The highest BCUT2D eigenvalue weighted by molar-refractivity contribution is 6.30. The number of benzene rings is 1. The van der Waals surface area contributed by atoms with Crippen LogP contribution >= 0.6 is 11.6 Å². The molecular formula is C19H22ClN3O3. The van der Waals surface area contributed by atoms with Crippen LogP contribution in [-0.2, 0) is 11.3 Å². The van der Waals surface area contributed by atoms with Crippen LogP contribution in [0.1, 0.15) is 0 Å². The fourth-order valence-electron chi connectivity index (χ4n) is 2.88. The highest BCUT2D eigenvalue weighted by atomic mass is 35.5. The van der Waals surface area contributed by atoms with Crippen molar-refractivity contribution < 1.29 is 9.53 Å². The van der Waals surface area contributed by atoms with Gasteiger partial charge in [-0.3, -0.25) is 14.5 Å². The number of ether oxygens (including phenoxy) is 1. The summed E-state index contributed by atoms with van der Waals surface area (Å²) in [6, 6.07) is 12.2. The van der Waals surface area contributed by atoms with E-state index in [1.54, 1.807) is 30.5 Å². The second kappa shape index (κ2) is 8.87. The molecule has 1 aromatic carbocycles. The lowest BCUT2D eigenvalue weighted by atomic mass is 10.3. The second-order valence-corrected chi connectivity index (χ2v) is 6.63. The number of pyridine rings is 1. The van der Waals surface area contributed by atoms with Crippen molar-refractivity contribution in [3.8, 4) is 5.75 Å². The van der Waals surface area contributed by atoms with Gasteiger partial charge in [-0.05, 0) is 30.3 Å². The molecule has 1 saturated heterocycles. The van der Waals surface area contributed by atoms with Crippen molar-refractivity contribution in [1.82, 2.24) is 14.4 Å². The minimum Gasteiger partial charge on any atom is -0.492 e. The zero-order chi connectivity index (χ0) is 18.4. The van der Waals surface area contributed by atoms with Gasteiger partial charge in [0.1, 0.15) is 18.9 Å². The van der Waals surface area contributed by atoms with Gasteiger partial charge in [0.05, 0.1) is 0 Å². The third-order valence-electron chi connectivity index (χ3n) is 4.42. The van der Waals surface area contributed by atoms with Gasteiger partial charge in [0.2, 0.25) is 5.91 Å². The number of aromatic nitrogens is 1. The van der Waals surface area contributed by atoms with E-state index in [-0.39, 0.29) is 18.0 Å². The van der Waals surface area contributed by atoms with Crippen molar-refractivity contribution in [3.05, 3.63) is 64.0 Å². The van der Waals surface area contributed by atoms with Gasteiger partial charge < -0.3 is 14.2 Å². The number of halogens is 1. The van der Waals surface area contributed by atoms with E-state index in [1.807, 2.05) is 17.0 Å². The van der Waals surface area contributed by atoms with Gasteiger partial charge >= 0.3 is 0 Å². The SMILES string of the molecule is O=C(Cn1ccccc1=O)N1CCN(CCOc2ccc(Cl)cc2)CC1.